The molecular formula is C16H21F3N2O3. The van der Waals surface area contributed by atoms with Gasteiger partial charge in [-0.05, 0) is 25.1 Å². The van der Waals surface area contributed by atoms with Crippen LogP contribution in [0.25, 0.3) is 0 Å². The van der Waals surface area contributed by atoms with E-state index in [1.54, 1.807) is 11.8 Å². The molecule has 8 heteroatoms. The molecule has 1 aromatic carbocycles. The quantitative estimate of drug-likeness (QED) is 0.880. The molecule has 0 spiro atoms. The Morgan fingerprint density at radius 3 is 2.54 bits per heavy atom. The van der Waals surface area contributed by atoms with E-state index in [0.717, 1.165) is 12.1 Å². The van der Waals surface area contributed by atoms with Gasteiger partial charge in [-0.2, -0.15) is 13.2 Å². The van der Waals surface area contributed by atoms with Crippen LogP contribution in [0.2, 0.25) is 0 Å². The van der Waals surface area contributed by atoms with Crippen LogP contribution >= 0.6 is 0 Å². The van der Waals surface area contributed by atoms with Crippen LogP contribution in [-0.2, 0) is 11.0 Å². The molecule has 0 bridgehead atoms. The summed E-state index contributed by atoms with van der Waals surface area (Å²) in [7, 11) is 0. The summed E-state index contributed by atoms with van der Waals surface area (Å²) >= 11 is 0. The maximum atomic E-state index is 12.6. The van der Waals surface area contributed by atoms with Crippen LogP contribution in [0.5, 0.6) is 5.75 Å². The van der Waals surface area contributed by atoms with Gasteiger partial charge in [0.15, 0.2) is 6.61 Å². The highest BCUT2D eigenvalue weighted by atomic mass is 19.4. The summed E-state index contributed by atoms with van der Waals surface area (Å²) < 4.78 is 43.1. The number of carbonyl (C=O) groups excluding carboxylic acids is 1. The normalized spacial score (nSPS) is 17.6. The van der Waals surface area contributed by atoms with Gasteiger partial charge in [0.25, 0.3) is 5.91 Å². The molecule has 1 aromatic rings. The third-order valence-electron chi connectivity index (χ3n) is 3.77. The molecule has 1 amide bonds. The molecule has 5 nitrogen and oxygen atoms in total. The molecule has 1 heterocycles. The molecule has 0 aliphatic carbocycles. The fourth-order valence-corrected chi connectivity index (χ4v) is 2.55. The first kappa shape index (κ1) is 18.5. The van der Waals surface area contributed by atoms with E-state index in [2.05, 4.69) is 4.90 Å². The molecule has 0 unspecified atom stereocenters. The number of halogens is 3. The van der Waals surface area contributed by atoms with E-state index in [1.165, 1.54) is 12.1 Å². The number of nitrogens with zero attached hydrogens (tertiary/aromatic N) is 2. The minimum absolute atomic E-state index is 0.0194. The number of benzene rings is 1. The molecule has 1 aliphatic rings. The first-order valence-corrected chi connectivity index (χ1v) is 7.74. The lowest BCUT2D eigenvalue weighted by molar-refractivity contribution is -0.137. The van der Waals surface area contributed by atoms with Crippen LogP contribution < -0.4 is 4.74 Å². The second kappa shape index (κ2) is 7.85. The second-order valence-corrected chi connectivity index (χ2v) is 5.84. The van der Waals surface area contributed by atoms with Crippen LogP contribution in [0.4, 0.5) is 13.2 Å². The number of rotatable bonds is 5. The number of hydrogen-bond acceptors (Lipinski definition) is 4. The van der Waals surface area contributed by atoms with Crippen molar-refractivity contribution in [3.05, 3.63) is 29.8 Å². The van der Waals surface area contributed by atoms with E-state index in [1.807, 2.05) is 0 Å². The SMILES string of the molecule is C[C@H](O)CN1CCN(C(=O)COc2cccc(C(F)(F)F)c2)CC1. The van der Waals surface area contributed by atoms with E-state index in [-0.39, 0.29) is 18.3 Å². The number of carbonyl (C=O) groups is 1. The molecule has 1 N–H and O–H groups in total. The molecule has 0 radical (unpaired) electrons. The third kappa shape index (κ3) is 5.38. The van der Waals surface area contributed by atoms with Crippen LogP contribution in [0.3, 0.4) is 0 Å². The maximum absolute atomic E-state index is 12.6. The van der Waals surface area contributed by atoms with E-state index in [0.29, 0.717) is 32.7 Å². The standard InChI is InChI=1S/C16H21F3N2O3/c1-12(22)10-20-5-7-21(8-6-20)15(23)11-24-14-4-2-3-13(9-14)16(17,18)19/h2-4,9,12,22H,5-8,10-11H2,1H3/t12-/m0/s1. The van der Waals surface area contributed by atoms with E-state index >= 15 is 0 Å². The van der Waals surface area contributed by atoms with Gasteiger partial charge in [0.05, 0.1) is 11.7 Å². The Morgan fingerprint density at radius 1 is 1.29 bits per heavy atom. The minimum atomic E-state index is -4.44. The summed E-state index contributed by atoms with van der Waals surface area (Å²) in [6, 6.07) is 4.48. The third-order valence-corrected chi connectivity index (χ3v) is 3.77. The van der Waals surface area contributed by atoms with Crippen molar-refractivity contribution < 1.29 is 27.8 Å². The van der Waals surface area contributed by atoms with Crippen molar-refractivity contribution in [1.82, 2.24) is 9.80 Å². The summed E-state index contributed by atoms with van der Waals surface area (Å²) in [5.74, 6) is -0.241. The zero-order valence-corrected chi connectivity index (χ0v) is 13.4. The van der Waals surface area contributed by atoms with E-state index in [4.69, 9.17) is 4.74 Å². The van der Waals surface area contributed by atoms with Gasteiger partial charge in [-0.3, -0.25) is 9.69 Å². The molecule has 2 rings (SSSR count). The van der Waals surface area contributed by atoms with Crippen molar-refractivity contribution in [2.24, 2.45) is 0 Å². The summed E-state index contributed by atoms with van der Waals surface area (Å²) in [4.78, 5) is 15.8. The van der Waals surface area contributed by atoms with Gasteiger partial charge in [-0.15, -0.1) is 0 Å². The number of hydrogen-bond donors (Lipinski definition) is 1. The molecule has 0 aromatic heterocycles. The van der Waals surface area contributed by atoms with Gasteiger partial charge in [0.1, 0.15) is 5.75 Å². The molecular weight excluding hydrogens is 325 g/mol. The smallest absolute Gasteiger partial charge is 0.416 e. The predicted molar refractivity (Wildman–Crippen MR) is 81.6 cm³/mol. The first-order valence-electron chi connectivity index (χ1n) is 7.74. The first-order chi connectivity index (χ1) is 11.3. The zero-order valence-electron chi connectivity index (χ0n) is 13.4. The van der Waals surface area contributed by atoms with E-state index < -0.39 is 17.8 Å². The van der Waals surface area contributed by atoms with Crippen LogP contribution in [0.1, 0.15) is 12.5 Å². The van der Waals surface area contributed by atoms with Gasteiger partial charge >= 0.3 is 6.18 Å². The number of alkyl halides is 3. The summed E-state index contributed by atoms with van der Waals surface area (Å²) in [5, 5.41) is 9.35. The highest BCUT2D eigenvalue weighted by Crippen LogP contribution is 2.31. The van der Waals surface area contributed by atoms with Gasteiger partial charge in [-0.25, -0.2) is 0 Å². The molecule has 1 saturated heterocycles. The summed E-state index contributed by atoms with van der Waals surface area (Å²) in [6.45, 7) is 4.30. The Kier molecular flexibility index (Phi) is 6.06. The lowest BCUT2D eigenvalue weighted by Gasteiger charge is -2.35. The largest absolute Gasteiger partial charge is 0.484 e. The van der Waals surface area contributed by atoms with Gasteiger partial charge in [-0.1, -0.05) is 6.07 Å². The lowest BCUT2D eigenvalue weighted by Crippen LogP contribution is -2.51. The van der Waals surface area contributed by atoms with Crippen molar-refractivity contribution in [2.75, 3.05) is 39.3 Å². The number of aliphatic hydroxyl groups is 1. The second-order valence-electron chi connectivity index (χ2n) is 5.84. The van der Waals surface area contributed by atoms with Crippen LogP contribution in [-0.4, -0.2) is 66.2 Å². The average Bonchev–Trinajstić information content (AvgIpc) is 2.52. The fourth-order valence-electron chi connectivity index (χ4n) is 2.55. The van der Waals surface area contributed by atoms with Crippen molar-refractivity contribution in [2.45, 2.75) is 19.2 Å². The average molecular weight is 346 g/mol. The molecule has 1 fully saturated rings. The van der Waals surface area contributed by atoms with E-state index in [9.17, 15) is 23.1 Å². The monoisotopic (exact) mass is 346 g/mol. The van der Waals surface area contributed by atoms with Crippen LogP contribution in [0, 0.1) is 0 Å². The van der Waals surface area contributed by atoms with Gasteiger partial charge in [0, 0.05) is 32.7 Å². The number of β-amino-alcohol motifs (C(OH)–C–C–N with tert-alkyl or cyclic N) is 1. The maximum Gasteiger partial charge on any atom is 0.416 e. The minimum Gasteiger partial charge on any atom is -0.484 e. The number of ether oxygens (including phenoxy) is 1. The molecule has 1 atom stereocenters. The fraction of sp³-hybridized carbons (Fsp3) is 0.562. The Balaban J connectivity index is 1.82. The van der Waals surface area contributed by atoms with Gasteiger partial charge in [0.2, 0.25) is 0 Å². The van der Waals surface area contributed by atoms with Crippen molar-refractivity contribution in [3.8, 4) is 5.75 Å². The highest BCUT2D eigenvalue weighted by Gasteiger charge is 2.30. The number of amides is 1. The Hall–Kier alpha value is -1.80. The predicted octanol–water partition coefficient (Wildman–Crippen LogP) is 1.61. The topological polar surface area (TPSA) is 53.0 Å². The molecule has 24 heavy (non-hydrogen) atoms. The Labute approximate surface area is 138 Å². The molecule has 134 valence electrons. The Bertz CT molecular complexity index is 556. The van der Waals surface area contributed by atoms with Crippen LogP contribution in [0.15, 0.2) is 24.3 Å². The molecule has 0 saturated carbocycles. The van der Waals surface area contributed by atoms with Gasteiger partial charge < -0.3 is 14.7 Å². The molecule has 1 aliphatic heterocycles. The number of aliphatic hydroxyl groups excluding tert-OH is 1. The highest BCUT2D eigenvalue weighted by molar-refractivity contribution is 5.77. The van der Waals surface area contributed by atoms with Crippen molar-refractivity contribution in [1.29, 1.82) is 0 Å². The van der Waals surface area contributed by atoms with Crippen molar-refractivity contribution in [3.63, 3.8) is 0 Å². The zero-order chi connectivity index (χ0) is 17.7. The summed E-state index contributed by atoms with van der Waals surface area (Å²) in [5.41, 5.74) is -0.806. The van der Waals surface area contributed by atoms with Crippen molar-refractivity contribution >= 4 is 5.91 Å². The summed E-state index contributed by atoms with van der Waals surface area (Å²) in [6.07, 6.45) is -4.86. The number of piperazine rings is 1. The Morgan fingerprint density at radius 2 is 1.96 bits per heavy atom. The lowest BCUT2D eigenvalue weighted by atomic mass is 10.2.